The summed E-state index contributed by atoms with van der Waals surface area (Å²) in [6.07, 6.45) is 0.943. The number of carboxylic acids is 1. The van der Waals surface area contributed by atoms with Gasteiger partial charge in [-0.05, 0) is 25.7 Å². The Morgan fingerprint density at radius 3 is 2.00 bits per heavy atom. The third kappa shape index (κ3) is 10.6. The molecular weight excluding hydrogens is 410 g/mol. The minimum atomic E-state index is -1.53. The quantitative estimate of drug-likeness (QED) is 0.0769. The molecule has 0 bridgehead atoms. The van der Waals surface area contributed by atoms with Crippen molar-refractivity contribution >= 4 is 29.7 Å². The smallest absolute Gasteiger partial charge is 0.328 e. The fraction of sp³-hybridized carbons (Fsp3) is 0.722. The maximum absolute atomic E-state index is 12.9. The lowest BCUT2D eigenvalue weighted by atomic mass is 9.97. The SMILES string of the molecule is CCC(C)C(NC(=O)C(C)N)C(=O)NC(CCCN=C(N)N)C(=O)NC(CO)C(=O)O. The number of nitrogens with two attached hydrogens (primary N) is 3. The van der Waals surface area contributed by atoms with Gasteiger partial charge in [-0.25, -0.2) is 4.79 Å². The number of rotatable bonds is 14. The second-order valence-corrected chi connectivity index (χ2v) is 7.25. The molecule has 5 atom stereocenters. The van der Waals surface area contributed by atoms with Crippen molar-refractivity contribution in [3.63, 3.8) is 0 Å². The van der Waals surface area contributed by atoms with Crippen LogP contribution in [0.3, 0.4) is 0 Å². The summed E-state index contributed by atoms with van der Waals surface area (Å²) in [6, 6.07) is -4.47. The minimum Gasteiger partial charge on any atom is -0.480 e. The summed E-state index contributed by atoms with van der Waals surface area (Å²) in [5, 5.41) is 25.5. The predicted octanol–water partition coefficient (Wildman–Crippen LogP) is -3.04. The molecule has 0 spiro atoms. The lowest BCUT2D eigenvalue weighted by Gasteiger charge is -2.27. The summed E-state index contributed by atoms with van der Waals surface area (Å²) >= 11 is 0. The Morgan fingerprint density at radius 1 is 0.968 bits per heavy atom. The van der Waals surface area contributed by atoms with Crippen molar-refractivity contribution in [2.75, 3.05) is 13.2 Å². The molecule has 0 saturated heterocycles. The van der Waals surface area contributed by atoms with Crippen LogP contribution in [-0.4, -0.2) is 77.2 Å². The van der Waals surface area contributed by atoms with Gasteiger partial charge in [0.1, 0.15) is 18.1 Å². The first-order chi connectivity index (χ1) is 14.4. The molecule has 0 aromatic rings. The molecule has 0 fully saturated rings. The van der Waals surface area contributed by atoms with Gasteiger partial charge in [0.15, 0.2) is 5.96 Å². The van der Waals surface area contributed by atoms with Gasteiger partial charge < -0.3 is 43.4 Å². The molecule has 0 aliphatic heterocycles. The average molecular weight is 446 g/mol. The first-order valence-electron chi connectivity index (χ1n) is 10.00. The Kier molecular flexibility index (Phi) is 12.8. The average Bonchev–Trinajstić information content (AvgIpc) is 2.70. The first kappa shape index (κ1) is 28.1. The van der Waals surface area contributed by atoms with E-state index >= 15 is 0 Å². The zero-order valence-corrected chi connectivity index (χ0v) is 18.1. The highest BCUT2D eigenvalue weighted by molar-refractivity contribution is 5.94. The summed E-state index contributed by atoms with van der Waals surface area (Å²) in [5.74, 6) is -3.78. The van der Waals surface area contributed by atoms with Gasteiger partial charge in [0, 0.05) is 6.54 Å². The number of amides is 3. The third-order valence-corrected chi connectivity index (χ3v) is 4.58. The lowest BCUT2D eigenvalue weighted by molar-refractivity contribution is -0.143. The Balaban J connectivity index is 5.48. The maximum atomic E-state index is 12.9. The van der Waals surface area contributed by atoms with E-state index in [1.54, 1.807) is 6.92 Å². The molecule has 0 radical (unpaired) electrons. The Hall–Kier alpha value is -2.93. The summed E-state index contributed by atoms with van der Waals surface area (Å²) < 4.78 is 0. The van der Waals surface area contributed by atoms with Crippen LogP contribution in [0.25, 0.3) is 0 Å². The van der Waals surface area contributed by atoms with Gasteiger partial charge >= 0.3 is 5.97 Å². The molecule has 0 aromatic heterocycles. The van der Waals surface area contributed by atoms with Crippen LogP contribution in [-0.2, 0) is 19.2 Å². The zero-order valence-electron chi connectivity index (χ0n) is 18.1. The molecule has 178 valence electrons. The van der Waals surface area contributed by atoms with Crippen molar-refractivity contribution in [3.05, 3.63) is 0 Å². The lowest BCUT2D eigenvalue weighted by Crippen LogP contribution is -2.58. The number of aliphatic hydroxyl groups is 1. The number of hydrogen-bond donors (Lipinski definition) is 8. The molecule has 11 N–H and O–H groups in total. The molecule has 13 nitrogen and oxygen atoms in total. The number of carbonyl (C=O) groups excluding carboxylic acids is 3. The van der Waals surface area contributed by atoms with Crippen molar-refractivity contribution < 1.29 is 29.4 Å². The molecule has 0 rings (SSSR count). The molecule has 0 heterocycles. The predicted molar refractivity (Wildman–Crippen MR) is 114 cm³/mol. The first-order valence-corrected chi connectivity index (χ1v) is 10.00. The van der Waals surface area contributed by atoms with E-state index in [2.05, 4.69) is 20.9 Å². The summed E-state index contributed by atoms with van der Waals surface area (Å²) in [4.78, 5) is 52.4. The highest BCUT2D eigenvalue weighted by Crippen LogP contribution is 2.10. The highest BCUT2D eigenvalue weighted by atomic mass is 16.4. The van der Waals surface area contributed by atoms with Gasteiger partial charge in [-0.15, -0.1) is 0 Å². The number of carbonyl (C=O) groups is 4. The number of hydrogen-bond acceptors (Lipinski definition) is 7. The van der Waals surface area contributed by atoms with E-state index < -0.39 is 54.5 Å². The number of aliphatic imine (C=N–C) groups is 1. The summed E-state index contributed by atoms with van der Waals surface area (Å²) in [7, 11) is 0. The van der Waals surface area contributed by atoms with Crippen molar-refractivity contribution in [3.8, 4) is 0 Å². The van der Waals surface area contributed by atoms with Crippen molar-refractivity contribution in [1.82, 2.24) is 16.0 Å². The molecule has 31 heavy (non-hydrogen) atoms. The van der Waals surface area contributed by atoms with Crippen LogP contribution in [0.4, 0.5) is 0 Å². The van der Waals surface area contributed by atoms with Gasteiger partial charge in [-0.3, -0.25) is 19.4 Å². The minimum absolute atomic E-state index is 0.0839. The number of guanidine groups is 1. The molecular formula is C18H35N7O6. The van der Waals surface area contributed by atoms with Crippen molar-refractivity contribution in [1.29, 1.82) is 0 Å². The van der Waals surface area contributed by atoms with Crippen LogP contribution in [0.15, 0.2) is 4.99 Å². The number of aliphatic carboxylic acids is 1. The van der Waals surface area contributed by atoms with Crippen LogP contribution in [0.5, 0.6) is 0 Å². The summed E-state index contributed by atoms with van der Waals surface area (Å²) in [6.45, 7) is 4.42. The van der Waals surface area contributed by atoms with E-state index in [4.69, 9.17) is 27.4 Å². The Morgan fingerprint density at radius 2 is 1.55 bits per heavy atom. The number of aliphatic hydroxyl groups excluding tert-OH is 1. The topological polar surface area (TPSA) is 235 Å². The zero-order chi connectivity index (χ0) is 24.1. The fourth-order valence-electron chi connectivity index (χ4n) is 2.48. The Bertz CT molecular complexity index is 651. The fourth-order valence-corrected chi connectivity index (χ4v) is 2.48. The highest BCUT2D eigenvalue weighted by Gasteiger charge is 2.31. The monoisotopic (exact) mass is 445 g/mol. The molecule has 3 amide bonds. The maximum Gasteiger partial charge on any atom is 0.328 e. The molecule has 5 unspecified atom stereocenters. The van der Waals surface area contributed by atoms with Gasteiger partial charge in [0.25, 0.3) is 0 Å². The van der Waals surface area contributed by atoms with E-state index in [1.807, 2.05) is 6.92 Å². The molecule has 0 aliphatic rings. The number of carboxylic acid groups (broad SMARTS) is 1. The van der Waals surface area contributed by atoms with Crippen LogP contribution in [0.1, 0.15) is 40.0 Å². The van der Waals surface area contributed by atoms with E-state index in [1.165, 1.54) is 6.92 Å². The van der Waals surface area contributed by atoms with Gasteiger partial charge in [-0.2, -0.15) is 0 Å². The van der Waals surface area contributed by atoms with E-state index in [-0.39, 0.29) is 24.8 Å². The van der Waals surface area contributed by atoms with Crippen molar-refractivity contribution in [2.24, 2.45) is 28.1 Å². The van der Waals surface area contributed by atoms with Crippen LogP contribution in [0, 0.1) is 5.92 Å². The van der Waals surface area contributed by atoms with Gasteiger partial charge in [-0.1, -0.05) is 20.3 Å². The third-order valence-electron chi connectivity index (χ3n) is 4.58. The van der Waals surface area contributed by atoms with Gasteiger partial charge in [0.05, 0.1) is 12.6 Å². The largest absolute Gasteiger partial charge is 0.480 e. The molecule has 0 saturated carbocycles. The molecule has 13 heteroatoms. The van der Waals surface area contributed by atoms with E-state index in [0.29, 0.717) is 12.8 Å². The van der Waals surface area contributed by atoms with Crippen molar-refractivity contribution in [2.45, 2.75) is 64.2 Å². The van der Waals surface area contributed by atoms with E-state index in [0.717, 1.165) is 0 Å². The van der Waals surface area contributed by atoms with E-state index in [9.17, 15) is 19.2 Å². The van der Waals surface area contributed by atoms with Crippen LogP contribution < -0.4 is 33.2 Å². The summed E-state index contributed by atoms with van der Waals surface area (Å²) in [5.41, 5.74) is 16.1. The van der Waals surface area contributed by atoms with Crippen LogP contribution >= 0.6 is 0 Å². The molecule has 0 aliphatic carbocycles. The normalized spacial score (nSPS) is 15.5. The molecule has 0 aromatic carbocycles. The van der Waals surface area contributed by atoms with Crippen LogP contribution in [0.2, 0.25) is 0 Å². The standard InChI is InChI=1S/C18H35N7O6/c1-4-9(2)13(25-14(27)10(3)19)16(29)23-11(6-5-7-22-18(20)21)15(28)24-12(8-26)17(30)31/h9-13,26H,4-8,19H2,1-3H3,(H,23,29)(H,24,28)(H,25,27)(H,30,31)(H4,20,21,22). The Labute approximate surface area is 181 Å². The second kappa shape index (κ2) is 14.1. The number of nitrogens with zero attached hydrogens (tertiary/aromatic N) is 1. The second-order valence-electron chi connectivity index (χ2n) is 7.25. The number of nitrogens with one attached hydrogen (secondary N) is 3. The van der Waals surface area contributed by atoms with Gasteiger partial charge in [0.2, 0.25) is 17.7 Å².